The fourth-order valence-corrected chi connectivity index (χ4v) is 6.90. The Balaban J connectivity index is 1.16. The summed E-state index contributed by atoms with van der Waals surface area (Å²) in [5, 5.41) is 4.11. The Morgan fingerprint density at radius 3 is 2.33 bits per heavy atom. The van der Waals surface area contributed by atoms with Gasteiger partial charge in [0.25, 0.3) is 5.56 Å². The number of aryl methyl sites for hydroxylation is 1. The minimum absolute atomic E-state index is 0.0966. The minimum Gasteiger partial charge on any atom is -0.490 e. The highest BCUT2D eigenvalue weighted by Gasteiger charge is 2.26. The molecular formula is C35H43N7O3. The number of anilines is 2. The molecule has 1 unspecified atom stereocenters. The lowest BCUT2D eigenvalue weighted by molar-refractivity contribution is 0.114. The smallest absolute Gasteiger partial charge is 0.262 e. The van der Waals surface area contributed by atoms with Crippen LogP contribution in [0.4, 0.5) is 11.6 Å². The molecular weight excluding hydrogens is 566 g/mol. The Bertz CT molecular complexity index is 1700. The van der Waals surface area contributed by atoms with E-state index in [1.807, 2.05) is 36.5 Å². The first-order valence-corrected chi connectivity index (χ1v) is 16.3. The fraction of sp³-hybridized carbons (Fsp3) is 0.486. The van der Waals surface area contributed by atoms with E-state index in [1.54, 1.807) is 10.8 Å². The number of rotatable bonds is 7. The lowest BCUT2D eigenvalue weighted by Gasteiger charge is -2.29. The molecule has 3 fully saturated rings. The van der Waals surface area contributed by atoms with Crippen LogP contribution >= 0.6 is 0 Å². The molecule has 236 valence electrons. The van der Waals surface area contributed by atoms with Crippen molar-refractivity contribution in [3.8, 4) is 17.0 Å². The first-order valence-electron chi connectivity index (χ1n) is 16.3. The molecule has 3 aromatic heterocycles. The monoisotopic (exact) mass is 609 g/mol. The van der Waals surface area contributed by atoms with Gasteiger partial charge in [-0.1, -0.05) is 6.07 Å². The molecule has 45 heavy (non-hydrogen) atoms. The van der Waals surface area contributed by atoms with E-state index < -0.39 is 0 Å². The third-order valence-corrected chi connectivity index (χ3v) is 9.67. The molecule has 0 aliphatic carbocycles. The Labute approximate surface area is 264 Å². The first kappa shape index (κ1) is 29.8. The van der Waals surface area contributed by atoms with Crippen molar-refractivity contribution >= 4 is 22.7 Å². The number of piperidine rings is 2. The minimum atomic E-state index is -0.0995. The second-order valence-electron chi connectivity index (χ2n) is 13.0. The zero-order chi connectivity index (χ0) is 30.9. The fourth-order valence-electron chi connectivity index (χ4n) is 6.90. The van der Waals surface area contributed by atoms with Gasteiger partial charge in [0.2, 0.25) is 5.95 Å². The van der Waals surface area contributed by atoms with E-state index in [0.29, 0.717) is 36.3 Å². The van der Waals surface area contributed by atoms with Gasteiger partial charge in [-0.05, 0) is 114 Å². The molecule has 10 heteroatoms. The number of aromatic nitrogens is 4. The predicted molar refractivity (Wildman–Crippen MR) is 177 cm³/mol. The van der Waals surface area contributed by atoms with Gasteiger partial charge in [-0.25, -0.2) is 4.98 Å². The molecule has 7 rings (SSSR count). The van der Waals surface area contributed by atoms with E-state index in [1.165, 1.54) is 5.56 Å². The van der Waals surface area contributed by atoms with Gasteiger partial charge in [0.05, 0.1) is 23.9 Å². The molecule has 1 atom stereocenters. The van der Waals surface area contributed by atoms with Gasteiger partial charge in [-0.3, -0.25) is 14.3 Å². The van der Waals surface area contributed by atoms with Crippen LogP contribution in [-0.4, -0.2) is 88.9 Å². The van der Waals surface area contributed by atoms with Crippen molar-refractivity contribution in [2.24, 2.45) is 0 Å². The summed E-state index contributed by atoms with van der Waals surface area (Å²) in [5.41, 5.74) is 4.92. The molecule has 3 saturated heterocycles. The first-order chi connectivity index (χ1) is 21.9. The van der Waals surface area contributed by atoms with E-state index in [0.717, 1.165) is 86.4 Å². The highest BCUT2D eigenvalue weighted by molar-refractivity contribution is 5.82. The maximum atomic E-state index is 14.2. The van der Waals surface area contributed by atoms with Gasteiger partial charge in [-0.15, -0.1) is 0 Å². The molecule has 4 aromatic rings. The molecule has 3 aliphatic rings. The highest BCUT2D eigenvalue weighted by atomic mass is 16.5. The van der Waals surface area contributed by atoms with Gasteiger partial charge in [0, 0.05) is 43.2 Å². The summed E-state index contributed by atoms with van der Waals surface area (Å²) in [7, 11) is 4.33. The number of likely N-dealkylation sites (tertiary alicyclic amines) is 2. The molecule has 1 N–H and O–H groups in total. The van der Waals surface area contributed by atoms with Crippen LogP contribution in [0.2, 0.25) is 0 Å². The van der Waals surface area contributed by atoms with Gasteiger partial charge in [0.15, 0.2) is 0 Å². The molecule has 0 saturated carbocycles. The number of pyridine rings is 2. The SMILES string of the molecule is Cc1cc(C2CCN(C)CC2)cnc1-c1cc2cnc(Nc3ccc(OC4CCN(C)CC4)cc3)nc2n(C2CCOC2)c1=O. The van der Waals surface area contributed by atoms with Crippen molar-refractivity contribution in [2.45, 2.75) is 57.1 Å². The Morgan fingerprint density at radius 1 is 0.911 bits per heavy atom. The van der Waals surface area contributed by atoms with Gasteiger partial charge in [-0.2, -0.15) is 4.98 Å². The lowest BCUT2D eigenvalue weighted by atomic mass is 9.89. The molecule has 3 aliphatic heterocycles. The van der Waals surface area contributed by atoms with Gasteiger partial charge in [0.1, 0.15) is 17.5 Å². The second-order valence-corrected chi connectivity index (χ2v) is 13.0. The largest absolute Gasteiger partial charge is 0.490 e. The molecule has 0 radical (unpaired) electrons. The van der Waals surface area contributed by atoms with Crippen molar-refractivity contribution in [1.29, 1.82) is 0 Å². The highest BCUT2D eigenvalue weighted by Crippen LogP contribution is 2.32. The number of fused-ring (bicyclic) bond motifs is 1. The zero-order valence-electron chi connectivity index (χ0n) is 26.5. The summed E-state index contributed by atoms with van der Waals surface area (Å²) in [6.07, 6.45) is 9.11. The summed E-state index contributed by atoms with van der Waals surface area (Å²) in [5.74, 6) is 1.80. The normalized spacial score (nSPS) is 20.6. The van der Waals surface area contributed by atoms with Crippen molar-refractivity contribution in [3.05, 3.63) is 70.3 Å². The van der Waals surface area contributed by atoms with E-state index in [-0.39, 0.29) is 17.7 Å². The van der Waals surface area contributed by atoms with Gasteiger partial charge < -0.3 is 24.6 Å². The Kier molecular flexibility index (Phi) is 8.53. The Hall–Kier alpha value is -3.86. The quantitative estimate of drug-likeness (QED) is 0.305. The number of nitrogens with zero attached hydrogens (tertiary/aromatic N) is 6. The van der Waals surface area contributed by atoms with Crippen molar-refractivity contribution < 1.29 is 9.47 Å². The Morgan fingerprint density at radius 2 is 1.64 bits per heavy atom. The van der Waals surface area contributed by atoms with Crippen molar-refractivity contribution in [2.75, 3.05) is 58.8 Å². The van der Waals surface area contributed by atoms with E-state index in [2.05, 4.69) is 47.2 Å². The third-order valence-electron chi connectivity index (χ3n) is 9.67. The summed E-state index contributed by atoms with van der Waals surface area (Å²) in [6, 6.07) is 11.9. The van der Waals surface area contributed by atoms with Gasteiger partial charge >= 0.3 is 0 Å². The van der Waals surface area contributed by atoms with E-state index in [9.17, 15) is 4.79 Å². The van der Waals surface area contributed by atoms with Crippen LogP contribution in [0, 0.1) is 6.92 Å². The number of benzene rings is 1. The van der Waals surface area contributed by atoms with E-state index in [4.69, 9.17) is 19.4 Å². The summed E-state index contributed by atoms with van der Waals surface area (Å²) in [4.78, 5) is 33.3. The lowest BCUT2D eigenvalue weighted by Crippen LogP contribution is -2.35. The average molecular weight is 610 g/mol. The second kappa shape index (κ2) is 12.9. The summed E-state index contributed by atoms with van der Waals surface area (Å²) < 4.78 is 13.7. The zero-order valence-corrected chi connectivity index (χ0v) is 26.5. The third kappa shape index (κ3) is 6.45. The summed E-state index contributed by atoms with van der Waals surface area (Å²) >= 11 is 0. The van der Waals surface area contributed by atoms with Crippen LogP contribution in [0.1, 0.15) is 55.2 Å². The predicted octanol–water partition coefficient (Wildman–Crippen LogP) is 5.15. The number of nitrogens with one attached hydrogen (secondary N) is 1. The van der Waals surface area contributed by atoms with Crippen LogP contribution in [-0.2, 0) is 4.74 Å². The number of ether oxygens (including phenoxy) is 2. The van der Waals surface area contributed by atoms with Crippen molar-refractivity contribution in [3.63, 3.8) is 0 Å². The van der Waals surface area contributed by atoms with Crippen LogP contribution in [0.3, 0.4) is 0 Å². The molecule has 0 bridgehead atoms. The number of hydrogen-bond donors (Lipinski definition) is 1. The maximum absolute atomic E-state index is 14.2. The molecule has 1 aromatic carbocycles. The maximum Gasteiger partial charge on any atom is 0.262 e. The molecule has 10 nitrogen and oxygen atoms in total. The molecule has 0 spiro atoms. The van der Waals surface area contributed by atoms with Crippen LogP contribution in [0.15, 0.2) is 53.6 Å². The molecule has 0 amide bonds. The molecule has 6 heterocycles. The van der Waals surface area contributed by atoms with Crippen LogP contribution < -0.4 is 15.6 Å². The average Bonchev–Trinajstić information content (AvgIpc) is 3.58. The van der Waals surface area contributed by atoms with Crippen LogP contribution in [0.5, 0.6) is 5.75 Å². The van der Waals surface area contributed by atoms with E-state index >= 15 is 0 Å². The standard InChI is InChI=1S/C35H43N7O3/c1-23-18-25(24-8-13-40(2)14-9-24)20-36-32(23)31-19-26-21-37-35(39-33(26)42(34(31)43)28-12-17-44-22-28)38-27-4-6-29(7-5-27)45-30-10-15-41(3)16-11-30/h4-7,18-21,24,28,30H,8-17,22H2,1-3H3,(H,37,38,39). The van der Waals surface area contributed by atoms with Crippen LogP contribution in [0.25, 0.3) is 22.3 Å². The van der Waals surface area contributed by atoms with Crippen molar-refractivity contribution in [1.82, 2.24) is 29.3 Å². The summed E-state index contributed by atoms with van der Waals surface area (Å²) in [6.45, 7) is 7.47. The topological polar surface area (TPSA) is 97.6 Å². The number of hydrogen-bond acceptors (Lipinski definition) is 9.